The van der Waals surface area contributed by atoms with E-state index in [9.17, 15) is 14.4 Å². The van der Waals surface area contributed by atoms with Crippen LogP contribution in [-0.4, -0.2) is 31.0 Å². The van der Waals surface area contributed by atoms with Gasteiger partial charge in [0.1, 0.15) is 5.75 Å². The number of carbonyl (C=O) groups excluding carboxylic acids is 3. The molecule has 1 fully saturated rings. The standard InChI is InChI=1S/C24H23NO5/c1-18-17-22(26)25(24(18)28)20-10-12-21(13-11-20)29-15-5-6-16-30-23(27)14-9-19-7-3-2-4-8-19/h2-4,7-14H,1,5-6,15-17H2/b14-9+. The molecule has 6 heteroatoms. The van der Waals surface area contributed by atoms with Gasteiger partial charge in [-0.05, 0) is 48.7 Å². The van der Waals surface area contributed by atoms with E-state index in [1.54, 1.807) is 30.3 Å². The van der Waals surface area contributed by atoms with Crippen LogP contribution < -0.4 is 9.64 Å². The van der Waals surface area contributed by atoms with Crippen molar-refractivity contribution in [1.29, 1.82) is 0 Å². The summed E-state index contributed by atoms with van der Waals surface area (Å²) in [7, 11) is 0. The third-order valence-corrected chi connectivity index (χ3v) is 4.48. The van der Waals surface area contributed by atoms with Crippen LogP contribution in [0.4, 0.5) is 5.69 Å². The summed E-state index contributed by atoms with van der Waals surface area (Å²) in [5.41, 5.74) is 1.75. The SMILES string of the molecule is C=C1CC(=O)N(c2ccc(OCCCCOC(=O)/C=C/c3ccccc3)cc2)C1=O. The Morgan fingerprint density at radius 1 is 1.00 bits per heavy atom. The molecule has 30 heavy (non-hydrogen) atoms. The second-order valence-electron chi connectivity index (χ2n) is 6.78. The quantitative estimate of drug-likeness (QED) is 0.274. The Balaban J connectivity index is 1.33. The highest BCUT2D eigenvalue weighted by molar-refractivity contribution is 6.27. The van der Waals surface area contributed by atoms with E-state index in [0.29, 0.717) is 36.6 Å². The number of hydrogen-bond donors (Lipinski definition) is 0. The monoisotopic (exact) mass is 405 g/mol. The number of esters is 1. The summed E-state index contributed by atoms with van der Waals surface area (Å²) in [5, 5.41) is 0. The molecule has 0 unspecified atom stereocenters. The Kier molecular flexibility index (Phi) is 7.16. The highest BCUT2D eigenvalue weighted by Crippen LogP contribution is 2.26. The van der Waals surface area contributed by atoms with Crippen LogP contribution in [-0.2, 0) is 19.1 Å². The van der Waals surface area contributed by atoms with Gasteiger partial charge in [-0.25, -0.2) is 9.69 Å². The number of hydrogen-bond acceptors (Lipinski definition) is 5. The van der Waals surface area contributed by atoms with Gasteiger partial charge in [-0.15, -0.1) is 0 Å². The molecule has 1 saturated heterocycles. The van der Waals surface area contributed by atoms with Gasteiger partial charge in [0.15, 0.2) is 0 Å². The average molecular weight is 405 g/mol. The van der Waals surface area contributed by atoms with Gasteiger partial charge in [0.05, 0.1) is 25.3 Å². The van der Waals surface area contributed by atoms with E-state index in [-0.39, 0.29) is 24.2 Å². The number of carbonyl (C=O) groups is 3. The third-order valence-electron chi connectivity index (χ3n) is 4.48. The summed E-state index contributed by atoms with van der Waals surface area (Å²) in [6.07, 6.45) is 4.60. The van der Waals surface area contributed by atoms with E-state index < -0.39 is 0 Å². The second kappa shape index (κ2) is 10.2. The van der Waals surface area contributed by atoms with Gasteiger partial charge in [-0.3, -0.25) is 9.59 Å². The number of benzene rings is 2. The maximum Gasteiger partial charge on any atom is 0.330 e. The number of rotatable bonds is 9. The normalized spacial score (nSPS) is 13.9. The minimum Gasteiger partial charge on any atom is -0.494 e. The summed E-state index contributed by atoms with van der Waals surface area (Å²) < 4.78 is 10.8. The number of unbranched alkanes of at least 4 members (excludes halogenated alkanes) is 1. The van der Waals surface area contributed by atoms with Crippen LogP contribution in [0.3, 0.4) is 0 Å². The predicted octanol–water partition coefficient (Wildman–Crippen LogP) is 3.92. The Morgan fingerprint density at radius 2 is 1.70 bits per heavy atom. The molecular formula is C24H23NO5. The van der Waals surface area contributed by atoms with Crippen LogP contribution in [0.25, 0.3) is 6.08 Å². The number of anilines is 1. The van der Waals surface area contributed by atoms with Crippen LogP contribution in [0.5, 0.6) is 5.75 Å². The zero-order valence-corrected chi connectivity index (χ0v) is 16.6. The minimum atomic E-state index is -0.371. The largest absolute Gasteiger partial charge is 0.494 e. The van der Waals surface area contributed by atoms with Crippen LogP contribution in [0.2, 0.25) is 0 Å². The molecule has 0 saturated carbocycles. The zero-order chi connectivity index (χ0) is 21.3. The van der Waals surface area contributed by atoms with E-state index in [2.05, 4.69) is 6.58 Å². The number of ether oxygens (including phenoxy) is 2. The Morgan fingerprint density at radius 3 is 2.37 bits per heavy atom. The fraction of sp³-hybridized carbons (Fsp3) is 0.208. The molecule has 0 spiro atoms. The van der Waals surface area contributed by atoms with Gasteiger partial charge < -0.3 is 9.47 Å². The molecule has 1 aliphatic rings. The molecule has 1 aliphatic heterocycles. The lowest BCUT2D eigenvalue weighted by molar-refractivity contribution is -0.137. The van der Waals surface area contributed by atoms with Crippen molar-refractivity contribution in [2.75, 3.05) is 18.1 Å². The van der Waals surface area contributed by atoms with Crippen molar-refractivity contribution in [3.05, 3.63) is 78.4 Å². The van der Waals surface area contributed by atoms with Crippen LogP contribution >= 0.6 is 0 Å². The van der Waals surface area contributed by atoms with Gasteiger partial charge in [-0.1, -0.05) is 36.9 Å². The lowest BCUT2D eigenvalue weighted by atomic mass is 10.2. The van der Waals surface area contributed by atoms with Crippen molar-refractivity contribution in [1.82, 2.24) is 0 Å². The average Bonchev–Trinajstić information content (AvgIpc) is 3.01. The molecule has 0 radical (unpaired) electrons. The number of imide groups is 1. The van der Waals surface area contributed by atoms with E-state index in [1.807, 2.05) is 30.3 Å². The lowest BCUT2D eigenvalue weighted by Gasteiger charge is -2.14. The first-order valence-corrected chi connectivity index (χ1v) is 9.72. The topological polar surface area (TPSA) is 72.9 Å². The third kappa shape index (κ3) is 5.67. The summed E-state index contributed by atoms with van der Waals surface area (Å²) in [6.45, 7) is 4.40. The van der Waals surface area contributed by atoms with Gasteiger partial charge in [-0.2, -0.15) is 0 Å². The number of amides is 2. The Bertz CT molecular complexity index is 947. The molecule has 2 amide bonds. The fourth-order valence-corrected chi connectivity index (χ4v) is 2.90. The van der Waals surface area contributed by atoms with Crippen LogP contribution in [0.15, 0.2) is 72.8 Å². The Hall–Kier alpha value is -3.67. The van der Waals surface area contributed by atoms with Crippen molar-refractivity contribution in [3.63, 3.8) is 0 Å². The summed E-state index contributed by atoms with van der Waals surface area (Å²) in [4.78, 5) is 36.7. The first-order chi connectivity index (χ1) is 14.5. The summed E-state index contributed by atoms with van der Waals surface area (Å²) >= 11 is 0. The van der Waals surface area contributed by atoms with Crippen molar-refractivity contribution in [2.24, 2.45) is 0 Å². The number of nitrogens with zero attached hydrogens (tertiary/aromatic N) is 1. The summed E-state index contributed by atoms with van der Waals surface area (Å²) in [6, 6.07) is 16.3. The minimum absolute atomic E-state index is 0.0592. The summed E-state index contributed by atoms with van der Waals surface area (Å²) in [5.74, 6) is -0.364. The van der Waals surface area contributed by atoms with Gasteiger partial charge in [0.25, 0.3) is 5.91 Å². The first-order valence-electron chi connectivity index (χ1n) is 9.72. The highest BCUT2D eigenvalue weighted by atomic mass is 16.5. The van der Waals surface area contributed by atoms with Crippen molar-refractivity contribution < 1.29 is 23.9 Å². The molecule has 0 bridgehead atoms. The molecule has 154 valence electrons. The molecule has 6 nitrogen and oxygen atoms in total. The van der Waals surface area contributed by atoms with Crippen LogP contribution in [0.1, 0.15) is 24.8 Å². The Labute approximate surface area is 175 Å². The van der Waals surface area contributed by atoms with E-state index in [0.717, 1.165) is 16.9 Å². The smallest absolute Gasteiger partial charge is 0.330 e. The molecule has 2 aromatic rings. The molecule has 0 atom stereocenters. The van der Waals surface area contributed by atoms with Gasteiger partial charge in [0, 0.05) is 11.6 Å². The molecule has 2 aromatic carbocycles. The van der Waals surface area contributed by atoms with E-state index in [1.165, 1.54) is 6.08 Å². The van der Waals surface area contributed by atoms with Gasteiger partial charge >= 0.3 is 5.97 Å². The molecular weight excluding hydrogens is 382 g/mol. The maximum atomic E-state index is 12.0. The van der Waals surface area contributed by atoms with E-state index in [4.69, 9.17) is 9.47 Å². The molecule has 3 rings (SSSR count). The molecule has 0 N–H and O–H groups in total. The van der Waals surface area contributed by atoms with Crippen molar-refractivity contribution >= 4 is 29.5 Å². The second-order valence-corrected chi connectivity index (χ2v) is 6.78. The fourth-order valence-electron chi connectivity index (χ4n) is 2.90. The van der Waals surface area contributed by atoms with E-state index >= 15 is 0 Å². The van der Waals surface area contributed by atoms with Crippen molar-refractivity contribution in [3.8, 4) is 5.75 Å². The zero-order valence-electron chi connectivity index (χ0n) is 16.6. The first kappa shape index (κ1) is 21.0. The highest BCUT2D eigenvalue weighted by Gasteiger charge is 2.33. The molecule has 0 aliphatic carbocycles. The van der Waals surface area contributed by atoms with Gasteiger partial charge in [0.2, 0.25) is 5.91 Å². The van der Waals surface area contributed by atoms with Crippen LogP contribution in [0, 0.1) is 0 Å². The lowest BCUT2D eigenvalue weighted by Crippen LogP contribution is -2.28. The predicted molar refractivity (Wildman–Crippen MR) is 114 cm³/mol. The maximum absolute atomic E-state index is 12.0. The van der Waals surface area contributed by atoms with Crippen molar-refractivity contribution in [2.45, 2.75) is 19.3 Å². The molecule has 1 heterocycles. The molecule has 0 aromatic heterocycles.